The predicted molar refractivity (Wildman–Crippen MR) is 51.8 cm³/mol. The van der Waals surface area contributed by atoms with Gasteiger partial charge in [0, 0.05) is 0 Å². The molecule has 0 aliphatic carbocycles. The van der Waals surface area contributed by atoms with E-state index in [1.54, 1.807) is 7.11 Å². The molecule has 1 aromatic rings. The van der Waals surface area contributed by atoms with Crippen molar-refractivity contribution in [2.24, 2.45) is 0 Å². The number of ether oxygens (including phenoxy) is 1. The second-order valence-electron chi connectivity index (χ2n) is 3.02. The Kier molecular flexibility index (Phi) is 2.92. The van der Waals surface area contributed by atoms with Gasteiger partial charge in [-0.25, -0.2) is 0 Å². The number of aryl methyl sites for hydroxylation is 1. The first-order chi connectivity index (χ1) is 6.20. The predicted octanol–water partition coefficient (Wildman–Crippen LogP) is 2.38. The van der Waals surface area contributed by atoms with Gasteiger partial charge in [0.25, 0.3) is 0 Å². The quantitative estimate of drug-likeness (QED) is 0.691. The Morgan fingerprint density at radius 3 is 2.62 bits per heavy atom. The molecule has 0 saturated carbocycles. The molecule has 0 amide bonds. The third-order valence-corrected chi connectivity index (χ3v) is 2.26. The molecule has 0 spiro atoms. The minimum Gasteiger partial charge on any atom is -0.496 e. The summed E-state index contributed by atoms with van der Waals surface area (Å²) in [6, 6.07) is 6.08. The van der Waals surface area contributed by atoms with Gasteiger partial charge in [0.1, 0.15) is 5.75 Å². The monoisotopic (exact) mass is 175 g/mol. The van der Waals surface area contributed by atoms with Crippen LogP contribution in [0.3, 0.4) is 0 Å². The van der Waals surface area contributed by atoms with Gasteiger partial charge in [-0.3, -0.25) is 0 Å². The van der Waals surface area contributed by atoms with E-state index in [4.69, 9.17) is 10.00 Å². The SMILES string of the molecule is COc1ccc(C)c(CC#N)c1C. The Bertz CT molecular complexity index is 350. The largest absolute Gasteiger partial charge is 0.496 e. The zero-order chi connectivity index (χ0) is 9.84. The highest BCUT2D eigenvalue weighted by Gasteiger charge is 2.06. The lowest BCUT2D eigenvalue weighted by Gasteiger charge is -2.10. The summed E-state index contributed by atoms with van der Waals surface area (Å²) in [5.41, 5.74) is 3.31. The minimum atomic E-state index is 0.453. The number of benzene rings is 1. The Balaban J connectivity index is 3.23. The highest BCUT2D eigenvalue weighted by Crippen LogP contribution is 2.24. The molecule has 2 nitrogen and oxygen atoms in total. The van der Waals surface area contributed by atoms with Crippen molar-refractivity contribution in [3.8, 4) is 11.8 Å². The van der Waals surface area contributed by atoms with E-state index in [1.165, 1.54) is 0 Å². The van der Waals surface area contributed by atoms with Crippen LogP contribution in [0.25, 0.3) is 0 Å². The summed E-state index contributed by atoms with van der Waals surface area (Å²) in [6.07, 6.45) is 0.453. The van der Waals surface area contributed by atoms with Crippen LogP contribution in [-0.4, -0.2) is 7.11 Å². The summed E-state index contributed by atoms with van der Waals surface area (Å²) in [6.45, 7) is 4.00. The van der Waals surface area contributed by atoms with Crippen molar-refractivity contribution in [2.75, 3.05) is 7.11 Å². The van der Waals surface area contributed by atoms with E-state index in [0.29, 0.717) is 6.42 Å². The molecule has 0 radical (unpaired) electrons. The lowest BCUT2D eigenvalue weighted by molar-refractivity contribution is 0.411. The van der Waals surface area contributed by atoms with Gasteiger partial charge in [-0.05, 0) is 36.6 Å². The van der Waals surface area contributed by atoms with Gasteiger partial charge >= 0.3 is 0 Å². The second-order valence-corrected chi connectivity index (χ2v) is 3.02. The van der Waals surface area contributed by atoms with Crippen molar-refractivity contribution in [3.63, 3.8) is 0 Å². The number of hydrogen-bond acceptors (Lipinski definition) is 2. The fourth-order valence-electron chi connectivity index (χ4n) is 1.44. The first kappa shape index (κ1) is 9.60. The normalized spacial score (nSPS) is 9.38. The molecule has 0 bridgehead atoms. The molecular formula is C11H13NO. The number of nitrogens with zero attached hydrogens (tertiary/aromatic N) is 1. The number of methoxy groups -OCH3 is 1. The molecule has 0 N–H and O–H groups in total. The molecule has 0 aromatic heterocycles. The Morgan fingerprint density at radius 2 is 2.08 bits per heavy atom. The Hall–Kier alpha value is -1.49. The van der Waals surface area contributed by atoms with Crippen LogP contribution in [-0.2, 0) is 6.42 Å². The van der Waals surface area contributed by atoms with E-state index in [2.05, 4.69) is 6.07 Å². The lowest BCUT2D eigenvalue weighted by atomic mass is 10.00. The first-order valence-electron chi connectivity index (χ1n) is 4.20. The Labute approximate surface area is 78.8 Å². The average Bonchev–Trinajstić information content (AvgIpc) is 2.12. The Morgan fingerprint density at radius 1 is 1.38 bits per heavy atom. The molecule has 1 aromatic carbocycles. The van der Waals surface area contributed by atoms with E-state index >= 15 is 0 Å². The number of nitriles is 1. The van der Waals surface area contributed by atoms with E-state index in [0.717, 1.165) is 22.4 Å². The van der Waals surface area contributed by atoms with E-state index in [-0.39, 0.29) is 0 Å². The van der Waals surface area contributed by atoms with E-state index in [9.17, 15) is 0 Å². The molecule has 0 saturated heterocycles. The molecule has 0 fully saturated rings. The van der Waals surface area contributed by atoms with Crippen LogP contribution in [0.15, 0.2) is 12.1 Å². The third kappa shape index (κ3) is 1.81. The maximum Gasteiger partial charge on any atom is 0.122 e. The fraction of sp³-hybridized carbons (Fsp3) is 0.364. The molecule has 68 valence electrons. The zero-order valence-corrected chi connectivity index (χ0v) is 8.22. The first-order valence-corrected chi connectivity index (χ1v) is 4.20. The second kappa shape index (κ2) is 3.95. The average molecular weight is 175 g/mol. The number of rotatable bonds is 2. The van der Waals surface area contributed by atoms with E-state index < -0.39 is 0 Å². The summed E-state index contributed by atoms with van der Waals surface area (Å²) in [5.74, 6) is 0.857. The summed E-state index contributed by atoms with van der Waals surface area (Å²) in [5, 5.41) is 8.64. The summed E-state index contributed by atoms with van der Waals surface area (Å²) in [7, 11) is 1.65. The van der Waals surface area contributed by atoms with Gasteiger partial charge in [0.15, 0.2) is 0 Å². The molecule has 0 unspecified atom stereocenters. The number of hydrogen-bond donors (Lipinski definition) is 0. The standard InChI is InChI=1S/C11H13NO/c1-8-4-5-11(13-3)9(2)10(8)6-7-12/h4-5H,6H2,1-3H3. The van der Waals surface area contributed by atoms with Crippen LogP contribution in [0.2, 0.25) is 0 Å². The van der Waals surface area contributed by atoms with Crippen LogP contribution in [0, 0.1) is 25.2 Å². The van der Waals surface area contributed by atoms with Crippen molar-refractivity contribution >= 4 is 0 Å². The maximum absolute atomic E-state index is 8.64. The summed E-state index contributed by atoms with van der Waals surface area (Å²) < 4.78 is 5.18. The van der Waals surface area contributed by atoms with E-state index in [1.807, 2.05) is 26.0 Å². The zero-order valence-electron chi connectivity index (χ0n) is 8.22. The van der Waals surface area contributed by atoms with Gasteiger partial charge in [-0.1, -0.05) is 6.07 Å². The molecule has 0 atom stereocenters. The third-order valence-electron chi connectivity index (χ3n) is 2.26. The van der Waals surface area contributed by atoms with Crippen molar-refractivity contribution in [2.45, 2.75) is 20.3 Å². The highest BCUT2D eigenvalue weighted by molar-refractivity contribution is 5.44. The fourth-order valence-corrected chi connectivity index (χ4v) is 1.44. The van der Waals surface area contributed by atoms with Gasteiger partial charge in [0.2, 0.25) is 0 Å². The van der Waals surface area contributed by atoms with Gasteiger partial charge in [-0.2, -0.15) is 5.26 Å². The summed E-state index contributed by atoms with van der Waals surface area (Å²) in [4.78, 5) is 0. The van der Waals surface area contributed by atoms with Crippen molar-refractivity contribution in [1.82, 2.24) is 0 Å². The van der Waals surface area contributed by atoms with Crippen LogP contribution in [0.5, 0.6) is 5.75 Å². The smallest absolute Gasteiger partial charge is 0.122 e. The molecule has 1 rings (SSSR count). The molecule has 0 heterocycles. The van der Waals surface area contributed by atoms with Gasteiger partial charge < -0.3 is 4.74 Å². The van der Waals surface area contributed by atoms with Gasteiger partial charge in [0.05, 0.1) is 19.6 Å². The highest BCUT2D eigenvalue weighted by atomic mass is 16.5. The maximum atomic E-state index is 8.64. The summed E-state index contributed by atoms with van der Waals surface area (Å²) >= 11 is 0. The topological polar surface area (TPSA) is 33.0 Å². The molecular weight excluding hydrogens is 162 g/mol. The van der Waals surface area contributed by atoms with Gasteiger partial charge in [-0.15, -0.1) is 0 Å². The lowest BCUT2D eigenvalue weighted by Crippen LogP contribution is -1.96. The molecule has 0 aliphatic heterocycles. The molecule has 2 heteroatoms. The van der Waals surface area contributed by atoms with Crippen LogP contribution in [0.1, 0.15) is 16.7 Å². The van der Waals surface area contributed by atoms with Crippen LogP contribution in [0.4, 0.5) is 0 Å². The van der Waals surface area contributed by atoms with Crippen molar-refractivity contribution < 1.29 is 4.74 Å². The van der Waals surface area contributed by atoms with Crippen LogP contribution < -0.4 is 4.74 Å². The van der Waals surface area contributed by atoms with Crippen molar-refractivity contribution in [3.05, 3.63) is 28.8 Å². The molecule has 13 heavy (non-hydrogen) atoms. The van der Waals surface area contributed by atoms with Crippen molar-refractivity contribution in [1.29, 1.82) is 5.26 Å². The molecule has 0 aliphatic rings. The minimum absolute atomic E-state index is 0.453. The van der Waals surface area contributed by atoms with Crippen LogP contribution >= 0.6 is 0 Å².